The molecule has 0 saturated heterocycles. The van der Waals surface area contributed by atoms with E-state index in [0.29, 0.717) is 15.9 Å². The maximum Gasteiger partial charge on any atom is 0.244 e. The van der Waals surface area contributed by atoms with E-state index in [1.54, 1.807) is 30.5 Å². The first-order valence-corrected chi connectivity index (χ1v) is 9.17. The number of halogens is 1. The molecule has 2 N–H and O–H groups in total. The summed E-state index contributed by atoms with van der Waals surface area (Å²) in [4.78, 5) is 4.09. The first kappa shape index (κ1) is 18.2. The topological polar surface area (TPSA) is 104 Å². The van der Waals surface area contributed by atoms with Crippen molar-refractivity contribution in [2.24, 2.45) is 0 Å². The zero-order valence-electron chi connectivity index (χ0n) is 12.8. The Bertz CT molecular complexity index is 865. The minimum Gasteiger partial charge on any atom is -0.495 e. The first-order valence-electron chi connectivity index (χ1n) is 6.90. The standard InChI is InChI=1S/C15H15BrN4O3S/c1-23-13-5-4-12(16)9-14(13)24(21,22)20-8-7-19-15-11(10-17)3-2-6-18-15/h2-6,9,20H,7-8H2,1H3,(H,18,19). The van der Waals surface area contributed by atoms with Gasteiger partial charge in [0.25, 0.3) is 0 Å². The molecule has 126 valence electrons. The number of anilines is 1. The molecule has 2 aromatic rings. The lowest BCUT2D eigenvalue weighted by molar-refractivity contribution is 0.402. The Labute approximate surface area is 148 Å². The first-order chi connectivity index (χ1) is 11.5. The molecule has 2 rings (SSSR count). The van der Waals surface area contributed by atoms with Gasteiger partial charge in [-0.3, -0.25) is 0 Å². The quantitative estimate of drug-likeness (QED) is 0.677. The van der Waals surface area contributed by atoms with Gasteiger partial charge in [0.1, 0.15) is 22.5 Å². The van der Waals surface area contributed by atoms with Crippen LogP contribution in [0.2, 0.25) is 0 Å². The van der Waals surface area contributed by atoms with Crippen molar-refractivity contribution in [2.75, 3.05) is 25.5 Å². The zero-order chi connectivity index (χ0) is 17.6. The van der Waals surface area contributed by atoms with Gasteiger partial charge in [-0.2, -0.15) is 5.26 Å². The van der Waals surface area contributed by atoms with E-state index in [4.69, 9.17) is 10.00 Å². The number of benzene rings is 1. The molecule has 24 heavy (non-hydrogen) atoms. The largest absolute Gasteiger partial charge is 0.495 e. The molecule has 0 spiro atoms. The van der Waals surface area contributed by atoms with Gasteiger partial charge in [-0.1, -0.05) is 15.9 Å². The Morgan fingerprint density at radius 2 is 2.12 bits per heavy atom. The van der Waals surface area contributed by atoms with Crippen LogP contribution in [0.5, 0.6) is 5.75 Å². The van der Waals surface area contributed by atoms with Crippen LogP contribution in [0.1, 0.15) is 5.56 Å². The van der Waals surface area contributed by atoms with Gasteiger partial charge >= 0.3 is 0 Å². The van der Waals surface area contributed by atoms with Gasteiger partial charge in [0, 0.05) is 23.8 Å². The lowest BCUT2D eigenvalue weighted by Gasteiger charge is -2.12. The fourth-order valence-corrected chi connectivity index (χ4v) is 3.68. The van der Waals surface area contributed by atoms with Crippen molar-refractivity contribution < 1.29 is 13.2 Å². The highest BCUT2D eigenvalue weighted by Crippen LogP contribution is 2.26. The summed E-state index contributed by atoms with van der Waals surface area (Å²) in [6.45, 7) is 0.403. The van der Waals surface area contributed by atoms with Crippen LogP contribution < -0.4 is 14.8 Å². The third kappa shape index (κ3) is 4.44. The van der Waals surface area contributed by atoms with Crippen LogP contribution in [0.4, 0.5) is 5.82 Å². The fourth-order valence-electron chi connectivity index (χ4n) is 1.94. The highest BCUT2D eigenvalue weighted by molar-refractivity contribution is 9.10. The predicted octanol–water partition coefficient (Wildman–Crippen LogP) is 2.11. The van der Waals surface area contributed by atoms with Gasteiger partial charge in [0.2, 0.25) is 10.0 Å². The average molecular weight is 411 g/mol. The van der Waals surface area contributed by atoms with Crippen LogP contribution in [0.25, 0.3) is 0 Å². The number of hydrogen-bond donors (Lipinski definition) is 2. The van der Waals surface area contributed by atoms with E-state index in [9.17, 15) is 8.42 Å². The number of sulfonamides is 1. The molecular weight excluding hydrogens is 396 g/mol. The van der Waals surface area contributed by atoms with E-state index in [2.05, 4.69) is 31.0 Å². The smallest absolute Gasteiger partial charge is 0.244 e. The summed E-state index contributed by atoms with van der Waals surface area (Å²) in [5.41, 5.74) is 0.397. The summed E-state index contributed by atoms with van der Waals surface area (Å²) in [6.07, 6.45) is 1.56. The van der Waals surface area contributed by atoms with Crippen LogP contribution in [-0.4, -0.2) is 33.6 Å². The number of pyridine rings is 1. The fraction of sp³-hybridized carbons (Fsp3) is 0.200. The van der Waals surface area contributed by atoms with Crippen molar-refractivity contribution in [3.63, 3.8) is 0 Å². The second kappa shape index (κ2) is 8.10. The van der Waals surface area contributed by atoms with Crippen molar-refractivity contribution in [2.45, 2.75) is 4.90 Å². The summed E-state index contributed by atoms with van der Waals surface area (Å²) in [5, 5.41) is 11.9. The maximum atomic E-state index is 12.4. The van der Waals surface area contributed by atoms with Gasteiger partial charge in [-0.15, -0.1) is 0 Å². The molecule has 0 unspecified atom stereocenters. The number of ether oxygens (including phenoxy) is 1. The van der Waals surface area contributed by atoms with Crippen molar-refractivity contribution in [1.82, 2.24) is 9.71 Å². The molecule has 1 heterocycles. The maximum absolute atomic E-state index is 12.4. The van der Waals surface area contributed by atoms with Crippen LogP contribution >= 0.6 is 15.9 Å². The summed E-state index contributed by atoms with van der Waals surface area (Å²) < 4.78 is 33.0. The van der Waals surface area contributed by atoms with Crippen molar-refractivity contribution >= 4 is 31.8 Å². The normalized spacial score (nSPS) is 10.9. The van der Waals surface area contributed by atoms with Crippen LogP contribution in [0.3, 0.4) is 0 Å². The van der Waals surface area contributed by atoms with E-state index in [1.165, 1.54) is 13.2 Å². The molecule has 1 aromatic carbocycles. The molecular formula is C15H15BrN4O3S. The molecule has 1 aromatic heterocycles. The van der Waals surface area contributed by atoms with Crippen LogP contribution in [0.15, 0.2) is 45.9 Å². The molecule has 0 saturated carbocycles. The van der Waals surface area contributed by atoms with Gasteiger partial charge in [0.15, 0.2) is 0 Å². The number of rotatable bonds is 7. The lowest BCUT2D eigenvalue weighted by atomic mass is 10.3. The highest BCUT2D eigenvalue weighted by Gasteiger charge is 2.19. The Morgan fingerprint density at radius 3 is 2.83 bits per heavy atom. The molecule has 0 aliphatic heterocycles. The second-order valence-corrected chi connectivity index (χ2v) is 7.28. The number of nitrogens with zero attached hydrogens (tertiary/aromatic N) is 2. The van der Waals surface area contributed by atoms with Crippen molar-refractivity contribution in [1.29, 1.82) is 5.26 Å². The summed E-state index contributed by atoms with van der Waals surface area (Å²) in [6, 6.07) is 10.0. The molecule has 0 aliphatic rings. The molecule has 0 fully saturated rings. The van der Waals surface area contributed by atoms with E-state index in [1.807, 2.05) is 6.07 Å². The molecule has 0 bridgehead atoms. The Kier molecular flexibility index (Phi) is 6.14. The molecule has 7 nitrogen and oxygen atoms in total. The average Bonchev–Trinajstić information content (AvgIpc) is 2.59. The number of hydrogen-bond acceptors (Lipinski definition) is 6. The zero-order valence-corrected chi connectivity index (χ0v) is 15.2. The van der Waals surface area contributed by atoms with Crippen molar-refractivity contribution in [3.05, 3.63) is 46.6 Å². The minimum atomic E-state index is -3.73. The van der Waals surface area contributed by atoms with Crippen LogP contribution in [0, 0.1) is 11.3 Å². The van der Waals surface area contributed by atoms with Gasteiger partial charge in [0.05, 0.1) is 12.7 Å². The Balaban J connectivity index is 2.01. The minimum absolute atomic E-state index is 0.0509. The van der Waals surface area contributed by atoms with Gasteiger partial charge in [-0.25, -0.2) is 18.1 Å². The number of aromatic nitrogens is 1. The van der Waals surface area contributed by atoms with Gasteiger partial charge in [-0.05, 0) is 30.3 Å². The Morgan fingerprint density at radius 1 is 1.33 bits per heavy atom. The number of methoxy groups -OCH3 is 1. The highest BCUT2D eigenvalue weighted by atomic mass is 79.9. The molecule has 0 radical (unpaired) electrons. The summed E-state index contributed by atoms with van der Waals surface area (Å²) in [7, 11) is -2.32. The van der Waals surface area contributed by atoms with E-state index >= 15 is 0 Å². The molecule has 9 heteroatoms. The van der Waals surface area contributed by atoms with Gasteiger partial charge < -0.3 is 10.1 Å². The van der Waals surface area contributed by atoms with Crippen molar-refractivity contribution in [3.8, 4) is 11.8 Å². The monoisotopic (exact) mass is 410 g/mol. The molecule has 0 atom stereocenters. The third-order valence-corrected chi connectivity index (χ3v) is 5.03. The number of nitriles is 1. The summed E-state index contributed by atoms with van der Waals surface area (Å²) in [5.74, 6) is 0.675. The van der Waals surface area contributed by atoms with E-state index < -0.39 is 10.0 Å². The van der Waals surface area contributed by atoms with E-state index in [0.717, 1.165) is 0 Å². The second-order valence-electron chi connectivity index (χ2n) is 4.63. The molecule has 0 amide bonds. The summed E-state index contributed by atoms with van der Waals surface area (Å²) >= 11 is 3.25. The third-order valence-electron chi connectivity index (χ3n) is 3.05. The SMILES string of the molecule is COc1ccc(Br)cc1S(=O)(=O)NCCNc1ncccc1C#N. The number of nitrogens with one attached hydrogen (secondary N) is 2. The predicted molar refractivity (Wildman–Crippen MR) is 93.3 cm³/mol. The van der Waals surface area contributed by atoms with Crippen LogP contribution in [-0.2, 0) is 10.0 Å². The Hall–Kier alpha value is -2.15. The lowest BCUT2D eigenvalue weighted by Crippen LogP contribution is -2.29. The molecule has 0 aliphatic carbocycles. The van der Waals surface area contributed by atoms with E-state index in [-0.39, 0.29) is 23.7 Å².